The van der Waals surface area contributed by atoms with Crippen molar-refractivity contribution >= 4 is 117 Å². The molecule has 0 radical (unpaired) electrons. The van der Waals surface area contributed by atoms with E-state index in [0.717, 1.165) is 151 Å². The van der Waals surface area contributed by atoms with Crippen molar-refractivity contribution in [3.8, 4) is 50.4 Å². The summed E-state index contributed by atoms with van der Waals surface area (Å²) in [4.78, 5) is 6.40. The fourth-order valence-corrected chi connectivity index (χ4v) is 16.5. The van der Waals surface area contributed by atoms with Crippen molar-refractivity contribution in [1.29, 1.82) is 0 Å². The van der Waals surface area contributed by atoms with Gasteiger partial charge in [-0.05, 0) is 199 Å². The van der Waals surface area contributed by atoms with Crippen molar-refractivity contribution in [3.63, 3.8) is 0 Å². The number of benzene rings is 18. The third-order valence-corrected chi connectivity index (χ3v) is 21.7. The van der Waals surface area contributed by atoms with Crippen molar-refractivity contribution in [2.45, 2.75) is 0 Å². The Labute approximate surface area is 676 Å². The highest BCUT2D eigenvalue weighted by Crippen LogP contribution is 2.50. The van der Waals surface area contributed by atoms with Crippen LogP contribution in [0.25, 0.3) is 116 Å². The first kappa shape index (κ1) is 71.8. The van der Waals surface area contributed by atoms with E-state index in [9.17, 15) is 8.78 Å². The molecule has 117 heavy (non-hydrogen) atoms. The summed E-state index contributed by atoms with van der Waals surface area (Å²) in [6, 6.07) is 153. The quantitative estimate of drug-likeness (QED) is 0.102. The number of nitrogens with zero attached hydrogens (tertiary/aromatic N) is 6. The maximum Gasteiger partial charge on any atom is 0.147 e. The highest BCUT2D eigenvalue weighted by molar-refractivity contribution is 6.16. The van der Waals surface area contributed by atoms with E-state index >= 15 is 4.39 Å². The number of halogens is 3. The lowest BCUT2D eigenvalue weighted by Crippen LogP contribution is -2.13. The lowest BCUT2D eigenvalue weighted by molar-refractivity contribution is 0.627. The molecule has 0 N–H and O–H groups in total. The van der Waals surface area contributed by atoms with Crippen LogP contribution < -0.4 is 14.7 Å². The van der Waals surface area contributed by atoms with E-state index in [1.54, 1.807) is 18.2 Å². The highest BCUT2D eigenvalue weighted by atomic mass is 19.1. The summed E-state index contributed by atoms with van der Waals surface area (Å²) >= 11 is 0. The number of rotatable bonds is 15. The summed E-state index contributed by atoms with van der Waals surface area (Å²) in [6.45, 7) is 0. The Bertz CT molecular complexity index is 7070. The number of hydrogen-bond acceptors (Lipinski definition) is 3. The van der Waals surface area contributed by atoms with Gasteiger partial charge < -0.3 is 28.4 Å². The molecule has 3 heterocycles. The summed E-state index contributed by atoms with van der Waals surface area (Å²) in [5, 5.41) is 6.92. The smallest absolute Gasteiger partial charge is 0.147 e. The lowest BCUT2D eigenvalue weighted by atomic mass is 9.99. The van der Waals surface area contributed by atoms with Gasteiger partial charge in [0.15, 0.2) is 0 Å². The Morgan fingerprint density at radius 1 is 0.171 bits per heavy atom. The fraction of sp³-hybridized carbons (Fsp3) is 0. The molecule has 0 spiro atoms. The molecule has 0 saturated heterocycles. The molecule has 9 heteroatoms. The minimum absolute atomic E-state index is 0.253. The van der Waals surface area contributed by atoms with Gasteiger partial charge >= 0.3 is 0 Å². The molecule has 0 aliphatic carbocycles. The zero-order valence-corrected chi connectivity index (χ0v) is 63.6. The monoisotopic (exact) mass is 1510 g/mol. The number of aromatic nitrogens is 3. The van der Waals surface area contributed by atoms with Gasteiger partial charge in [0, 0.05) is 94.5 Å². The minimum atomic E-state index is -0.271. The maximum absolute atomic E-state index is 15.5. The lowest BCUT2D eigenvalue weighted by Gasteiger charge is -2.28. The predicted molar refractivity (Wildman–Crippen MR) is 483 cm³/mol. The second-order valence-electron chi connectivity index (χ2n) is 28.7. The molecule has 0 aliphatic heterocycles. The van der Waals surface area contributed by atoms with Gasteiger partial charge in [-0.15, -0.1) is 0 Å². The largest absolute Gasteiger partial charge is 0.310 e. The Morgan fingerprint density at radius 3 is 0.812 bits per heavy atom. The average Bonchev–Trinajstić information content (AvgIpc) is 1.60. The van der Waals surface area contributed by atoms with E-state index in [4.69, 9.17) is 0 Å². The van der Waals surface area contributed by atoms with E-state index in [1.807, 2.05) is 150 Å². The number of para-hydroxylation sites is 10. The summed E-state index contributed by atoms with van der Waals surface area (Å²) in [5.74, 6) is -0.792. The molecule has 0 saturated carbocycles. The SMILES string of the molecule is Fc1ccc(N(c2ccccc2)c2cc3c4ccccc4n(-c4ccccc4)c3cc2-c2ccccc2)cc1.Fc1cccc(N(c2ccccc2)c2cc3c4ccccc4n(-c4ccccc4)c3cc2-c2ccccc2)c1.Fc1ccccc1N(c1ccccc1)c1cc2c3ccccc3n(-c3ccccc3)c2cc1-c1ccccc1. The zero-order chi connectivity index (χ0) is 78.5. The number of anilines is 9. The van der Waals surface area contributed by atoms with Gasteiger partial charge in [0.05, 0.1) is 55.8 Å². The van der Waals surface area contributed by atoms with Crippen LogP contribution in [0.1, 0.15) is 0 Å². The predicted octanol–water partition coefficient (Wildman–Crippen LogP) is 30.2. The molecule has 558 valence electrons. The second kappa shape index (κ2) is 32.0. The van der Waals surface area contributed by atoms with Crippen molar-refractivity contribution in [1.82, 2.24) is 13.7 Å². The van der Waals surface area contributed by atoms with Crippen molar-refractivity contribution in [2.75, 3.05) is 14.7 Å². The Hall–Kier alpha value is -15.5. The molecule has 21 rings (SSSR count). The molecule has 0 amide bonds. The topological polar surface area (TPSA) is 24.5 Å². The number of hydrogen-bond donors (Lipinski definition) is 0. The van der Waals surface area contributed by atoms with Gasteiger partial charge in [0.25, 0.3) is 0 Å². The van der Waals surface area contributed by atoms with E-state index < -0.39 is 0 Å². The van der Waals surface area contributed by atoms with Gasteiger partial charge in [-0.2, -0.15) is 0 Å². The molecule has 0 fully saturated rings. The molecule has 0 bridgehead atoms. The normalized spacial score (nSPS) is 11.2. The Balaban J connectivity index is 0.000000117. The van der Waals surface area contributed by atoms with Crippen LogP contribution in [0, 0.1) is 17.5 Å². The average molecular weight is 1510 g/mol. The van der Waals surface area contributed by atoms with E-state index in [-0.39, 0.29) is 17.5 Å². The first-order valence-electron chi connectivity index (χ1n) is 39.2. The molecule has 0 aliphatic rings. The zero-order valence-electron chi connectivity index (χ0n) is 63.6. The van der Waals surface area contributed by atoms with Gasteiger partial charge in [0.1, 0.15) is 17.5 Å². The second-order valence-corrected chi connectivity index (χ2v) is 28.7. The molecule has 0 unspecified atom stereocenters. The van der Waals surface area contributed by atoms with Crippen LogP contribution in [0.15, 0.2) is 455 Å². The molecule has 3 aromatic heterocycles. The summed E-state index contributed by atoms with van der Waals surface area (Å²) in [5.41, 5.74) is 24.6. The van der Waals surface area contributed by atoms with Crippen LogP contribution in [0.4, 0.5) is 64.4 Å². The summed E-state index contributed by atoms with van der Waals surface area (Å²) in [6.07, 6.45) is 0. The molecular weight excluding hydrogens is 1440 g/mol. The van der Waals surface area contributed by atoms with Crippen LogP contribution in [-0.4, -0.2) is 13.7 Å². The fourth-order valence-electron chi connectivity index (χ4n) is 16.5. The Morgan fingerprint density at radius 2 is 0.453 bits per heavy atom. The molecule has 21 aromatic rings. The van der Waals surface area contributed by atoms with Crippen molar-refractivity contribution < 1.29 is 13.2 Å². The number of fused-ring (bicyclic) bond motifs is 9. The van der Waals surface area contributed by atoms with Crippen molar-refractivity contribution in [2.24, 2.45) is 0 Å². The van der Waals surface area contributed by atoms with Gasteiger partial charge in [0.2, 0.25) is 0 Å². The van der Waals surface area contributed by atoms with Crippen LogP contribution >= 0.6 is 0 Å². The van der Waals surface area contributed by atoms with Gasteiger partial charge in [-0.1, -0.05) is 273 Å². The molecule has 18 aromatic carbocycles. The third-order valence-electron chi connectivity index (χ3n) is 21.7. The first-order chi connectivity index (χ1) is 57.8. The van der Waals surface area contributed by atoms with Crippen LogP contribution in [-0.2, 0) is 0 Å². The van der Waals surface area contributed by atoms with E-state index in [0.29, 0.717) is 5.69 Å². The van der Waals surface area contributed by atoms with Crippen LogP contribution in [0.5, 0.6) is 0 Å². The molecular formula is C108H75F3N6. The standard InChI is InChI=1S/3C36H25FN2/c37-32-21-11-13-23-34(32)39(28-18-8-3-9-19-28)35-25-31-29-20-10-12-22-33(29)38(27-16-6-2-7-17-27)36(31)24-30(35)26-14-4-1-5-15-26;37-27-15-12-20-30(23-27)38(28-16-6-2-7-17-28)35-25-33-31-21-10-11-22-34(31)39(29-18-8-3-9-19-29)36(33)24-32(35)26-13-4-1-5-14-26;37-27-20-22-30(23-21-27)38(28-14-6-2-7-15-28)35-25-33-31-18-10-11-19-34(31)39(29-16-8-3-9-17-29)36(33)24-32(35)26-12-4-1-5-13-26/h3*1-25H. The van der Waals surface area contributed by atoms with Gasteiger partial charge in [-0.3, -0.25) is 0 Å². The van der Waals surface area contributed by atoms with E-state index in [1.165, 1.54) is 35.0 Å². The summed E-state index contributed by atoms with van der Waals surface area (Å²) < 4.78 is 51.1. The van der Waals surface area contributed by atoms with E-state index in [2.05, 4.69) is 290 Å². The van der Waals surface area contributed by atoms with Crippen molar-refractivity contribution in [3.05, 3.63) is 472 Å². The maximum atomic E-state index is 15.5. The molecule has 0 atom stereocenters. The minimum Gasteiger partial charge on any atom is -0.310 e. The highest BCUT2D eigenvalue weighted by Gasteiger charge is 2.27. The summed E-state index contributed by atoms with van der Waals surface area (Å²) in [7, 11) is 0. The Kier molecular flexibility index (Phi) is 19.6. The molecule has 6 nitrogen and oxygen atoms in total. The van der Waals surface area contributed by atoms with Gasteiger partial charge in [-0.25, -0.2) is 13.2 Å². The first-order valence-corrected chi connectivity index (χ1v) is 39.2. The van der Waals surface area contributed by atoms with Crippen LogP contribution in [0.2, 0.25) is 0 Å². The van der Waals surface area contributed by atoms with Crippen LogP contribution in [0.3, 0.4) is 0 Å². The third kappa shape index (κ3) is 14.0.